The minimum absolute atomic E-state index is 0.438. The van der Waals surface area contributed by atoms with Crippen molar-refractivity contribution in [2.45, 2.75) is 32.1 Å². The van der Waals surface area contributed by atoms with Gasteiger partial charge in [0.1, 0.15) is 4.99 Å². The molecule has 1 saturated carbocycles. The fourth-order valence-corrected chi connectivity index (χ4v) is 3.17. The highest BCUT2D eigenvalue weighted by atomic mass is 79.9. The van der Waals surface area contributed by atoms with Crippen LogP contribution in [0.5, 0.6) is 0 Å². The molecule has 0 unspecified atom stereocenters. The van der Waals surface area contributed by atoms with Crippen molar-refractivity contribution in [1.29, 1.82) is 0 Å². The molecule has 0 atom stereocenters. The van der Waals surface area contributed by atoms with Crippen LogP contribution in [-0.4, -0.2) is 11.5 Å². The minimum atomic E-state index is 0.438. The molecule has 3 N–H and O–H groups in total. The number of nitrogens with two attached hydrogens (primary N) is 1. The Hall–Kier alpha value is -0.610. The Morgan fingerprint density at radius 3 is 2.72 bits per heavy atom. The highest BCUT2D eigenvalue weighted by Gasteiger charge is 2.14. The maximum Gasteiger partial charge on any atom is 0.104 e. The lowest BCUT2D eigenvalue weighted by molar-refractivity contribution is 0.518. The van der Waals surface area contributed by atoms with Crippen molar-refractivity contribution in [3.8, 4) is 0 Å². The van der Waals surface area contributed by atoms with Crippen LogP contribution >= 0.6 is 28.1 Å². The smallest absolute Gasteiger partial charge is 0.104 e. The summed E-state index contributed by atoms with van der Waals surface area (Å²) in [5, 5.41) is 3.47. The van der Waals surface area contributed by atoms with Crippen LogP contribution in [0.1, 0.15) is 37.7 Å². The van der Waals surface area contributed by atoms with Crippen LogP contribution in [0, 0.1) is 5.92 Å². The third kappa shape index (κ3) is 3.69. The fourth-order valence-electron chi connectivity index (χ4n) is 2.52. The largest absolute Gasteiger partial charge is 0.389 e. The SMILES string of the molecule is NC(=S)c1ccc(NCCC2CCCC2)c(Br)c1. The van der Waals surface area contributed by atoms with Gasteiger partial charge >= 0.3 is 0 Å². The van der Waals surface area contributed by atoms with Crippen molar-refractivity contribution in [3.05, 3.63) is 28.2 Å². The number of benzene rings is 1. The molecule has 2 rings (SSSR count). The van der Waals surface area contributed by atoms with E-state index in [9.17, 15) is 0 Å². The Labute approximate surface area is 122 Å². The zero-order valence-electron chi connectivity index (χ0n) is 10.4. The molecule has 2 nitrogen and oxygen atoms in total. The van der Waals surface area contributed by atoms with E-state index in [1.807, 2.05) is 18.2 Å². The average Bonchev–Trinajstić information content (AvgIpc) is 2.84. The van der Waals surface area contributed by atoms with Gasteiger partial charge in [-0.25, -0.2) is 0 Å². The Kier molecular flexibility index (Phi) is 5.01. The molecular weight excluding hydrogens is 308 g/mol. The second kappa shape index (κ2) is 6.53. The average molecular weight is 327 g/mol. The quantitative estimate of drug-likeness (QED) is 0.801. The lowest BCUT2D eigenvalue weighted by atomic mass is 10.0. The summed E-state index contributed by atoms with van der Waals surface area (Å²) >= 11 is 8.51. The lowest BCUT2D eigenvalue weighted by Crippen LogP contribution is -2.10. The molecular formula is C14H19BrN2S. The van der Waals surface area contributed by atoms with E-state index in [0.717, 1.165) is 28.2 Å². The predicted octanol–water partition coefficient (Wildman–Crippen LogP) is 4.08. The highest BCUT2D eigenvalue weighted by Crippen LogP contribution is 2.28. The summed E-state index contributed by atoms with van der Waals surface area (Å²) < 4.78 is 1.03. The van der Waals surface area contributed by atoms with Crippen molar-refractivity contribution in [1.82, 2.24) is 0 Å². The first-order valence-electron chi connectivity index (χ1n) is 6.50. The first-order valence-corrected chi connectivity index (χ1v) is 7.70. The van der Waals surface area contributed by atoms with Gasteiger partial charge in [-0.3, -0.25) is 0 Å². The van der Waals surface area contributed by atoms with Crippen LogP contribution in [-0.2, 0) is 0 Å². The summed E-state index contributed by atoms with van der Waals surface area (Å²) in [6.07, 6.45) is 6.91. The van der Waals surface area contributed by atoms with Crippen LogP contribution in [0.25, 0.3) is 0 Å². The molecule has 0 bridgehead atoms. The van der Waals surface area contributed by atoms with Gasteiger partial charge in [0.2, 0.25) is 0 Å². The second-order valence-corrected chi connectivity index (χ2v) is 6.22. The van der Waals surface area contributed by atoms with Gasteiger partial charge in [-0.2, -0.15) is 0 Å². The van der Waals surface area contributed by atoms with Crippen LogP contribution in [0.3, 0.4) is 0 Å². The van der Waals surface area contributed by atoms with Crippen molar-refractivity contribution < 1.29 is 0 Å². The van der Waals surface area contributed by atoms with E-state index in [4.69, 9.17) is 18.0 Å². The first-order chi connectivity index (χ1) is 8.66. The van der Waals surface area contributed by atoms with Crippen molar-refractivity contribution in [3.63, 3.8) is 0 Å². The molecule has 4 heteroatoms. The topological polar surface area (TPSA) is 38.0 Å². The molecule has 0 aliphatic heterocycles. The van der Waals surface area contributed by atoms with E-state index < -0.39 is 0 Å². The van der Waals surface area contributed by atoms with Gasteiger partial charge < -0.3 is 11.1 Å². The molecule has 0 heterocycles. The molecule has 18 heavy (non-hydrogen) atoms. The zero-order valence-corrected chi connectivity index (χ0v) is 12.8. The van der Waals surface area contributed by atoms with Gasteiger partial charge in [-0.15, -0.1) is 0 Å². The Bertz CT molecular complexity index is 428. The van der Waals surface area contributed by atoms with Crippen molar-refractivity contribution in [2.75, 3.05) is 11.9 Å². The van der Waals surface area contributed by atoms with E-state index in [0.29, 0.717) is 4.99 Å². The molecule has 0 saturated heterocycles. The van der Waals surface area contributed by atoms with E-state index in [1.54, 1.807) is 0 Å². The molecule has 0 spiro atoms. The lowest BCUT2D eigenvalue weighted by Gasteiger charge is -2.12. The van der Waals surface area contributed by atoms with Gasteiger partial charge in [-0.05, 0) is 46.5 Å². The van der Waals surface area contributed by atoms with Crippen LogP contribution in [0.15, 0.2) is 22.7 Å². The van der Waals surface area contributed by atoms with E-state index in [-0.39, 0.29) is 0 Å². The predicted molar refractivity (Wildman–Crippen MR) is 85.1 cm³/mol. The van der Waals surface area contributed by atoms with E-state index >= 15 is 0 Å². The van der Waals surface area contributed by atoms with Crippen LogP contribution < -0.4 is 11.1 Å². The van der Waals surface area contributed by atoms with Crippen molar-refractivity contribution in [2.24, 2.45) is 11.7 Å². The maximum atomic E-state index is 5.61. The molecule has 1 aromatic rings. The molecule has 0 amide bonds. The Balaban J connectivity index is 1.87. The van der Waals surface area contributed by atoms with Gasteiger partial charge in [-0.1, -0.05) is 37.9 Å². The van der Waals surface area contributed by atoms with E-state index in [2.05, 4.69) is 21.2 Å². The number of rotatable bonds is 5. The highest BCUT2D eigenvalue weighted by molar-refractivity contribution is 9.10. The van der Waals surface area contributed by atoms with E-state index in [1.165, 1.54) is 32.1 Å². The van der Waals surface area contributed by atoms with Crippen LogP contribution in [0.4, 0.5) is 5.69 Å². The van der Waals surface area contributed by atoms with Crippen molar-refractivity contribution >= 4 is 38.8 Å². The number of anilines is 1. The summed E-state index contributed by atoms with van der Waals surface area (Å²) in [7, 11) is 0. The van der Waals surface area contributed by atoms with Gasteiger partial charge in [0.25, 0.3) is 0 Å². The fraction of sp³-hybridized carbons (Fsp3) is 0.500. The Morgan fingerprint density at radius 2 is 2.11 bits per heavy atom. The first kappa shape index (κ1) is 13.8. The number of hydrogen-bond acceptors (Lipinski definition) is 2. The minimum Gasteiger partial charge on any atom is -0.389 e. The monoisotopic (exact) mass is 326 g/mol. The summed E-state index contributed by atoms with van der Waals surface area (Å²) in [5.74, 6) is 0.923. The normalized spacial score (nSPS) is 15.8. The summed E-state index contributed by atoms with van der Waals surface area (Å²) in [4.78, 5) is 0.438. The molecule has 1 aliphatic rings. The molecule has 0 aromatic heterocycles. The molecule has 1 aliphatic carbocycles. The number of hydrogen-bond donors (Lipinski definition) is 2. The Morgan fingerprint density at radius 1 is 1.39 bits per heavy atom. The second-order valence-electron chi connectivity index (χ2n) is 4.92. The molecule has 0 radical (unpaired) electrons. The molecule has 98 valence electrons. The van der Waals surface area contributed by atoms with Gasteiger partial charge in [0.15, 0.2) is 0 Å². The number of thiocarbonyl (C=S) groups is 1. The summed E-state index contributed by atoms with van der Waals surface area (Å²) in [6.45, 7) is 1.04. The number of halogens is 1. The summed E-state index contributed by atoms with van der Waals surface area (Å²) in [5.41, 5.74) is 7.63. The molecule has 1 fully saturated rings. The summed E-state index contributed by atoms with van der Waals surface area (Å²) in [6, 6.07) is 5.97. The third-order valence-electron chi connectivity index (χ3n) is 3.60. The zero-order chi connectivity index (χ0) is 13.0. The third-order valence-corrected chi connectivity index (χ3v) is 4.49. The van der Waals surface area contributed by atoms with Crippen LogP contribution in [0.2, 0.25) is 0 Å². The maximum absolute atomic E-state index is 5.61. The van der Waals surface area contributed by atoms with Gasteiger partial charge in [0.05, 0.1) is 0 Å². The van der Waals surface area contributed by atoms with Gasteiger partial charge in [0, 0.05) is 22.3 Å². The standard InChI is InChI=1S/C14H19BrN2S/c15-12-9-11(14(16)18)5-6-13(12)17-8-7-10-3-1-2-4-10/h5-6,9-10,17H,1-4,7-8H2,(H2,16,18). The molecule has 1 aromatic carbocycles. The number of nitrogens with one attached hydrogen (secondary N) is 1.